The second kappa shape index (κ2) is 8.56. The van der Waals surface area contributed by atoms with E-state index in [4.69, 9.17) is 9.47 Å². The molecule has 6 nitrogen and oxygen atoms in total. The predicted molar refractivity (Wildman–Crippen MR) is 76.7 cm³/mol. The maximum atomic E-state index is 12.2. The SMILES string of the molecule is COCCNCC(=O)N1CCCC1CN1CCOCC1. The van der Waals surface area contributed by atoms with Crippen LogP contribution in [0.15, 0.2) is 0 Å². The first-order valence-electron chi connectivity index (χ1n) is 7.60. The molecule has 0 radical (unpaired) electrons. The highest BCUT2D eigenvalue weighted by molar-refractivity contribution is 5.78. The van der Waals surface area contributed by atoms with E-state index in [0.717, 1.165) is 58.8 Å². The van der Waals surface area contributed by atoms with Crippen LogP contribution in [0, 0.1) is 0 Å². The molecule has 2 rings (SSSR count). The Morgan fingerprint density at radius 1 is 1.35 bits per heavy atom. The minimum absolute atomic E-state index is 0.219. The summed E-state index contributed by atoms with van der Waals surface area (Å²) in [4.78, 5) is 16.7. The summed E-state index contributed by atoms with van der Waals surface area (Å²) in [6.45, 7) is 7.30. The van der Waals surface area contributed by atoms with Gasteiger partial charge in [0.2, 0.25) is 5.91 Å². The van der Waals surface area contributed by atoms with Crippen LogP contribution in [0.5, 0.6) is 0 Å². The number of hydrogen-bond acceptors (Lipinski definition) is 5. The second-order valence-corrected chi connectivity index (χ2v) is 5.47. The normalized spacial score (nSPS) is 24.2. The summed E-state index contributed by atoms with van der Waals surface area (Å²) in [5.74, 6) is 0.219. The lowest BCUT2D eigenvalue weighted by Crippen LogP contribution is -2.48. The molecule has 1 atom stereocenters. The van der Waals surface area contributed by atoms with Crippen molar-refractivity contribution in [3.05, 3.63) is 0 Å². The molecule has 116 valence electrons. The molecule has 0 spiro atoms. The zero-order valence-electron chi connectivity index (χ0n) is 12.5. The molecule has 0 aliphatic carbocycles. The fourth-order valence-corrected chi connectivity index (χ4v) is 2.91. The van der Waals surface area contributed by atoms with Crippen molar-refractivity contribution in [1.29, 1.82) is 0 Å². The van der Waals surface area contributed by atoms with Crippen LogP contribution in [0.2, 0.25) is 0 Å². The second-order valence-electron chi connectivity index (χ2n) is 5.47. The molecule has 0 aromatic heterocycles. The van der Waals surface area contributed by atoms with Gasteiger partial charge in [-0.15, -0.1) is 0 Å². The summed E-state index contributed by atoms with van der Waals surface area (Å²) in [5.41, 5.74) is 0. The summed E-state index contributed by atoms with van der Waals surface area (Å²) in [6.07, 6.45) is 2.25. The van der Waals surface area contributed by atoms with Gasteiger partial charge in [-0.1, -0.05) is 0 Å². The number of ether oxygens (including phenoxy) is 2. The third-order valence-electron chi connectivity index (χ3n) is 4.03. The van der Waals surface area contributed by atoms with Gasteiger partial charge in [0.05, 0.1) is 26.4 Å². The summed E-state index contributed by atoms with van der Waals surface area (Å²) in [6, 6.07) is 0.379. The van der Waals surface area contributed by atoms with Crippen LogP contribution in [0.25, 0.3) is 0 Å². The number of methoxy groups -OCH3 is 1. The third kappa shape index (κ3) is 4.70. The predicted octanol–water partition coefficient (Wildman–Crippen LogP) is -0.454. The summed E-state index contributed by atoms with van der Waals surface area (Å²) in [5, 5.41) is 3.14. The number of amides is 1. The first-order chi connectivity index (χ1) is 9.81. The molecule has 0 aromatic rings. The Kier molecular flexibility index (Phi) is 6.72. The van der Waals surface area contributed by atoms with Gasteiger partial charge in [-0.25, -0.2) is 0 Å². The Morgan fingerprint density at radius 3 is 2.90 bits per heavy atom. The summed E-state index contributed by atoms with van der Waals surface area (Å²) < 4.78 is 10.3. The number of carbonyl (C=O) groups is 1. The van der Waals surface area contributed by atoms with E-state index in [-0.39, 0.29) is 5.91 Å². The smallest absolute Gasteiger partial charge is 0.236 e. The largest absolute Gasteiger partial charge is 0.383 e. The number of likely N-dealkylation sites (tertiary alicyclic amines) is 1. The molecule has 0 saturated carbocycles. The number of hydrogen-bond donors (Lipinski definition) is 1. The van der Waals surface area contributed by atoms with Crippen molar-refractivity contribution in [2.45, 2.75) is 18.9 Å². The Balaban J connectivity index is 1.72. The van der Waals surface area contributed by atoms with Gasteiger partial charge < -0.3 is 19.7 Å². The Hall–Kier alpha value is -0.690. The van der Waals surface area contributed by atoms with Crippen molar-refractivity contribution >= 4 is 5.91 Å². The quantitative estimate of drug-likeness (QED) is 0.642. The van der Waals surface area contributed by atoms with Gasteiger partial charge in [0.25, 0.3) is 0 Å². The standard InChI is InChI=1S/C14H27N3O3/c1-19-8-4-15-11-14(18)17-5-2-3-13(17)12-16-6-9-20-10-7-16/h13,15H,2-12H2,1H3. The lowest BCUT2D eigenvalue weighted by Gasteiger charge is -2.33. The highest BCUT2D eigenvalue weighted by Crippen LogP contribution is 2.18. The van der Waals surface area contributed by atoms with Gasteiger partial charge in [-0.05, 0) is 12.8 Å². The number of carbonyl (C=O) groups excluding carboxylic acids is 1. The number of nitrogens with zero attached hydrogens (tertiary/aromatic N) is 2. The van der Waals surface area contributed by atoms with Gasteiger partial charge in [0, 0.05) is 45.9 Å². The fraction of sp³-hybridized carbons (Fsp3) is 0.929. The molecule has 1 amide bonds. The highest BCUT2D eigenvalue weighted by Gasteiger charge is 2.30. The van der Waals surface area contributed by atoms with E-state index in [1.54, 1.807) is 7.11 Å². The average Bonchev–Trinajstić information content (AvgIpc) is 2.93. The average molecular weight is 285 g/mol. The van der Waals surface area contributed by atoms with E-state index in [1.807, 2.05) is 0 Å². The molecule has 2 fully saturated rings. The van der Waals surface area contributed by atoms with Gasteiger partial charge in [0.15, 0.2) is 0 Å². The topological polar surface area (TPSA) is 54.0 Å². The van der Waals surface area contributed by atoms with Crippen LogP contribution < -0.4 is 5.32 Å². The van der Waals surface area contributed by atoms with Crippen LogP contribution >= 0.6 is 0 Å². The summed E-state index contributed by atoms with van der Waals surface area (Å²) >= 11 is 0. The molecule has 0 bridgehead atoms. The zero-order chi connectivity index (χ0) is 14.2. The van der Waals surface area contributed by atoms with Gasteiger partial charge in [-0.3, -0.25) is 9.69 Å². The van der Waals surface area contributed by atoms with Gasteiger partial charge in [-0.2, -0.15) is 0 Å². The van der Waals surface area contributed by atoms with Crippen LogP contribution in [-0.2, 0) is 14.3 Å². The van der Waals surface area contributed by atoms with Crippen LogP contribution in [0.4, 0.5) is 0 Å². The molecular formula is C14H27N3O3. The Morgan fingerprint density at radius 2 is 2.15 bits per heavy atom. The number of morpholine rings is 1. The van der Waals surface area contributed by atoms with Crippen LogP contribution in [0.3, 0.4) is 0 Å². The third-order valence-corrected chi connectivity index (χ3v) is 4.03. The first-order valence-corrected chi connectivity index (χ1v) is 7.60. The molecule has 2 aliphatic heterocycles. The number of rotatable bonds is 7. The maximum absolute atomic E-state index is 12.2. The van der Waals surface area contributed by atoms with Gasteiger partial charge in [0.1, 0.15) is 0 Å². The Labute approximate surface area is 121 Å². The van der Waals surface area contributed by atoms with Crippen molar-refractivity contribution in [2.75, 3.05) is 66.2 Å². The molecular weight excluding hydrogens is 258 g/mol. The molecule has 2 saturated heterocycles. The maximum Gasteiger partial charge on any atom is 0.236 e. The van der Waals surface area contributed by atoms with E-state index in [0.29, 0.717) is 19.2 Å². The van der Waals surface area contributed by atoms with Crippen LogP contribution in [-0.4, -0.2) is 87.9 Å². The summed E-state index contributed by atoms with van der Waals surface area (Å²) in [7, 11) is 1.67. The van der Waals surface area contributed by atoms with Crippen molar-refractivity contribution in [3.8, 4) is 0 Å². The molecule has 20 heavy (non-hydrogen) atoms. The van der Waals surface area contributed by atoms with Gasteiger partial charge >= 0.3 is 0 Å². The monoisotopic (exact) mass is 285 g/mol. The van der Waals surface area contributed by atoms with E-state index in [2.05, 4.69) is 15.1 Å². The Bertz CT molecular complexity index is 295. The molecule has 2 aliphatic rings. The minimum Gasteiger partial charge on any atom is -0.383 e. The first kappa shape index (κ1) is 15.7. The van der Waals surface area contributed by atoms with E-state index in [1.165, 1.54) is 0 Å². The van der Waals surface area contributed by atoms with Crippen LogP contribution in [0.1, 0.15) is 12.8 Å². The molecule has 1 unspecified atom stereocenters. The van der Waals surface area contributed by atoms with Crippen molar-refractivity contribution in [2.24, 2.45) is 0 Å². The lowest BCUT2D eigenvalue weighted by molar-refractivity contribution is -0.131. The van der Waals surface area contributed by atoms with Crippen molar-refractivity contribution < 1.29 is 14.3 Å². The van der Waals surface area contributed by atoms with Crippen molar-refractivity contribution in [3.63, 3.8) is 0 Å². The van der Waals surface area contributed by atoms with E-state index in [9.17, 15) is 4.79 Å². The van der Waals surface area contributed by atoms with E-state index >= 15 is 0 Å². The molecule has 1 N–H and O–H groups in total. The fourth-order valence-electron chi connectivity index (χ4n) is 2.91. The highest BCUT2D eigenvalue weighted by atomic mass is 16.5. The molecule has 2 heterocycles. The number of nitrogens with one attached hydrogen (secondary N) is 1. The minimum atomic E-state index is 0.219. The van der Waals surface area contributed by atoms with Crippen molar-refractivity contribution in [1.82, 2.24) is 15.1 Å². The zero-order valence-corrected chi connectivity index (χ0v) is 12.5. The van der Waals surface area contributed by atoms with E-state index < -0.39 is 0 Å². The molecule has 0 aromatic carbocycles. The lowest BCUT2D eigenvalue weighted by atomic mass is 10.2. The molecule has 6 heteroatoms.